The van der Waals surface area contributed by atoms with Gasteiger partial charge in [-0.2, -0.15) is 9.50 Å². The van der Waals surface area contributed by atoms with E-state index in [0.717, 1.165) is 60.8 Å². The second-order valence-corrected chi connectivity index (χ2v) is 15.2. The Labute approximate surface area is 327 Å². The van der Waals surface area contributed by atoms with Gasteiger partial charge in [-0.1, -0.05) is 146 Å². The predicted octanol–water partition coefficient (Wildman–Crippen LogP) is 12.5. The molecular weight excluding hydrogens is 697 g/mol. The van der Waals surface area contributed by atoms with Crippen molar-refractivity contribution in [3.05, 3.63) is 204 Å². The lowest BCUT2D eigenvalue weighted by atomic mass is 9.70. The first-order valence-electron chi connectivity index (χ1n) is 19.4. The smallest absolute Gasteiger partial charge is 0.253 e. The van der Waals surface area contributed by atoms with Crippen LogP contribution in [0.25, 0.3) is 94.6 Å². The second kappa shape index (κ2) is 11.2. The fraction of sp³-hybridized carbons (Fsp3) is 0.0192. The molecule has 0 unspecified atom stereocenters. The minimum absolute atomic E-state index is 0.394. The third-order valence-electron chi connectivity index (χ3n) is 12.3. The van der Waals surface area contributed by atoms with Crippen LogP contribution in [0.4, 0.5) is 0 Å². The van der Waals surface area contributed by atoms with Gasteiger partial charge >= 0.3 is 0 Å². The third kappa shape index (κ3) is 4.09. The quantitative estimate of drug-likeness (QED) is 0.182. The number of furan rings is 1. The molecule has 8 aromatic carbocycles. The summed E-state index contributed by atoms with van der Waals surface area (Å²) in [4.78, 5) is 10.2. The molecular formula is C52H30N4O. The summed E-state index contributed by atoms with van der Waals surface area (Å²) in [5.41, 5.74) is 17.8. The molecule has 0 aliphatic heterocycles. The molecule has 264 valence electrons. The zero-order valence-electron chi connectivity index (χ0n) is 30.5. The van der Waals surface area contributed by atoms with Gasteiger partial charge in [0.1, 0.15) is 11.2 Å². The Hall–Kier alpha value is -7.63. The highest BCUT2D eigenvalue weighted by atomic mass is 16.3. The van der Waals surface area contributed by atoms with E-state index in [4.69, 9.17) is 19.5 Å². The topological polar surface area (TPSA) is 56.2 Å². The van der Waals surface area contributed by atoms with E-state index >= 15 is 0 Å². The maximum atomic E-state index is 6.26. The van der Waals surface area contributed by atoms with E-state index in [1.807, 2.05) is 34.8 Å². The standard InChI is InChI=1S/C52H30N4O/c1-6-19-42-35(14-1)36-15-2-7-20-43(36)52(42)44-21-8-3-16-37(44)38-26-24-32(29-45(38)52)31-12-11-13-34(28-31)50-54-51-53-49(41-18-4-9-22-46(41)56(51)55-50)33-25-27-40-39-17-5-10-23-47(39)57-48(40)30-33/h1-30H. The highest BCUT2D eigenvalue weighted by Gasteiger charge is 2.51. The summed E-state index contributed by atoms with van der Waals surface area (Å²) in [7, 11) is 0. The van der Waals surface area contributed by atoms with Gasteiger partial charge in [0.05, 0.1) is 16.6 Å². The Morgan fingerprint density at radius 3 is 1.77 bits per heavy atom. The number of fused-ring (bicyclic) bond motifs is 16. The van der Waals surface area contributed by atoms with Crippen LogP contribution in [0.5, 0.6) is 0 Å². The maximum absolute atomic E-state index is 6.26. The van der Waals surface area contributed by atoms with Crippen molar-refractivity contribution in [2.75, 3.05) is 0 Å². The van der Waals surface area contributed by atoms with E-state index in [1.165, 1.54) is 44.5 Å². The van der Waals surface area contributed by atoms with Crippen LogP contribution in [0.15, 0.2) is 186 Å². The van der Waals surface area contributed by atoms with Crippen molar-refractivity contribution in [2.24, 2.45) is 0 Å². The normalized spacial score (nSPS) is 13.4. The lowest BCUT2D eigenvalue weighted by molar-refractivity contribution is 0.669. The summed E-state index contributed by atoms with van der Waals surface area (Å²) in [6.07, 6.45) is 0. The number of aromatic nitrogens is 4. The molecule has 2 aliphatic carbocycles. The van der Waals surface area contributed by atoms with Crippen molar-refractivity contribution in [3.63, 3.8) is 0 Å². The van der Waals surface area contributed by atoms with Gasteiger partial charge in [0.25, 0.3) is 5.78 Å². The number of hydrogen-bond donors (Lipinski definition) is 0. The van der Waals surface area contributed by atoms with Crippen LogP contribution in [0.2, 0.25) is 0 Å². The fourth-order valence-electron chi connectivity index (χ4n) is 9.88. The lowest BCUT2D eigenvalue weighted by Gasteiger charge is -2.30. The zero-order chi connectivity index (χ0) is 37.2. The van der Waals surface area contributed by atoms with Gasteiger partial charge in [-0.3, -0.25) is 0 Å². The summed E-state index contributed by atoms with van der Waals surface area (Å²) < 4.78 is 8.13. The molecule has 3 aromatic heterocycles. The number of benzene rings is 8. The molecule has 0 saturated carbocycles. The van der Waals surface area contributed by atoms with Crippen molar-refractivity contribution >= 4 is 38.6 Å². The zero-order valence-corrected chi connectivity index (χ0v) is 30.5. The Morgan fingerprint density at radius 2 is 1.00 bits per heavy atom. The van der Waals surface area contributed by atoms with Gasteiger partial charge in [-0.05, 0) is 92.0 Å². The first-order chi connectivity index (χ1) is 28.2. The Balaban J connectivity index is 0.950. The van der Waals surface area contributed by atoms with Crippen molar-refractivity contribution in [1.29, 1.82) is 0 Å². The van der Waals surface area contributed by atoms with Crippen LogP contribution in [0, 0.1) is 0 Å². The van der Waals surface area contributed by atoms with Crippen molar-refractivity contribution in [2.45, 2.75) is 5.41 Å². The van der Waals surface area contributed by atoms with E-state index < -0.39 is 5.41 Å². The highest BCUT2D eigenvalue weighted by Crippen LogP contribution is 2.63. The fourth-order valence-corrected chi connectivity index (χ4v) is 9.88. The molecule has 0 N–H and O–H groups in total. The molecule has 0 fully saturated rings. The van der Waals surface area contributed by atoms with E-state index in [9.17, 15) is 0 Å². The number of para-hydroxylation sites is 2. The molecule has 57 heavy (non-hydrogen) atoms. The average Bonchev–Trinajstić information content (AvgIpc) is 4.03. The molecule has 0 radical (unpaired) electrons. The molecule has 2 aliphatic rings. The van der Waals surface area contributed by atoms with E-state index in [-0.39, 0.29) is 0 Å². The lowest BCUT2D eigenvalue weighted by Crippen LogP contribution is -2.25. The predicted molar refractivity (Wildman–Crippen MR) is 228 cm³/mol. The molecule has 0 atom stereocenters. The summed E-state index contributed by atoms with van der Waals surface area (Å²) >= 11 is 0. The Bertz CT molecular complexity index is 3440. The summed E-state index contributed by atoms with van der Waals surface area (Å²) in [5, 5.41) is 8.27. The van der Waals surface area contributed by atoms with E-state index in [2.05, 4.69) is 152 Å². The molecule has 11 aromatic rings. The molecule has 5 heteroatoms. The minimum Gasteiger partial charge on any atom is -0.456 e. The van der Waals surface area contributed by atoms with Crippen molar-refractivity contribution in [3.8, 4) is 56.0 Å². The van der Waals surface area contributed by atoms with Crippen LogP contribution in [0.1, 0.15) is 22.3 Å². The van der Waals surface area contributed by atoms with Crippen LogP contribution < -0.4 is 0 Å². The monoisotopic (exact) mass is 726 g/mol. The van der Waals surface area contributed by atoms with Gasteiger partial charge in [-0.25, -0.2) is 4.98 Å². The number of rotatable bonds is 3. The SMILES string of the molecule is c1cc(-c2ccc3c(c2)C2(c4ccccc4-c4ccccc42)c2ccccc2-3)cc(-c2nc3nc(-c4ccc5c(c4)oc4ccccc45)c4ccccc4n3n2)c1. The summed E-state index contributed by atoms with van der Waals surface area (Å²) in [6, 6.07) is 65.2. The average molecular weight is 727 g/mol. The van der Waals surface area contributed by atoms with Crippen LogP contribution in [-0.2, 0) is 5.41 Å². The molecule has 0 amide bonds. The third-order valence-corrected chi connectivity index (χ3v) is 12.3. The van der Waals surface area contributed by atoms with Gasteiger partial charge < -0.3 is 4.42 Å². The largest absolute Gasteiger partial charge is 0.456 e. The van der Waals surface area contributed by atoms with Crippen molar-refractivity contribution < 1.29 is 4.42 Å². The minimum atomic E-state index is -0.394. The summed E-state index contributed by atoms with van der Waals surface area (Å²) in [6.45, 7) is 0. The molecule has 13 rings (SSSR count). The number of hydrogen-bond acceptors (Lipinski definition) is 4. The number of nitrogens with zero attached hydrogens (tertiary/aromatic N) is 4. The van der Waals surface area contributed by atoms with E-state index in [1.54, 1.807) is 0 Å². The van der Waals surface area contributed by atoms with E-state index in [0.29, 0.717) is 11.6 Å². The van der Waals surface area contributed by atoms with Crippen LogP contribution in [-0.4, -0.2) is 19.6 Å². The molecule has 3 heterocycles. The Kier molecular flexibility index (Phi) is 6.04. The molecule has 0 bridgehead atoms. The molecule has 0 saturated heterocycles. The van der Waals surface area contributed by atoms with Gasteiger partial charge in [0.2, 0.25) is 0 Å². The van der Waals surface area contributed by atoms with Gasteiger partial charge in [0.15, 0.2) is 5.82 Å². The van der Waals surface area contributed by atoms with Crippen molar-refractivity contribution in [1.82, 2.24) is 19.6 Å². The highest BCUT2D eigenvalue weighted by molar-refractivity contribution is 6.07. The second-order valence-electron chi connectivity index (χ2n) is 15.2. The molecule has 5 nitrogen and oxygen atoms in total. The Morgan fingerprint density at radius 1 is 0.404 bits per heavy atom. The van der Waals surface area contributed by atoms with Gasteiger partial charge in [0, 0.05) is 27.3 Å². The van der Waals surface area contributed by atoms with Gasteiger partial charge in [-0.15, -0.1) is 5.10 Å². The maximum Gasteiger partial charge on any atom is 0.253 e. The molecule has 1 spiro atoms. The first kappa shape index (κ1) is 30.7. The first-order valence-corrected chi connectivity index (χ1v) is 19.4. The summed E-state index contributed by atoms with van der Waals surface area (Å²) in [5.74, 6) is 1.17. The van der Waals surface area contributed by atoms with Crippen LogP contribution >= 0.6 is 0 Å². The van der Waals surface area contributed by atoms with Crippen LogP contribution in [0.3, 0.4) is 0 Å².